The zero-order valence-electron chi connectivity index (χ0n) is 14.9. The summed E-state index contributed by atoms with van der Waals surface area (Å²) in [5.74, 6) is 0. The van der Waals surface area contributed by atoms with E-state index in [1.165, 1.54) is 43.2 Å². The van der Waals surface area contributed by atoms with E-state index in [2.05, 4.69) is 97.1 Å². The van der Waals surface area contributed by atoms with Gasteiger partial charge in [0.1, 0.15) is 0 Å². The average molecular weight is 387 g/mol. The van der Waals surface area contributed by atoms with E-state index < -0.39 is 0 Å². The number of rotatable bonds is 3. The summed E-state index contributed by atoms with van der Waals surface area (Å²) < 4.78 is 0. The molecule has 0 fully saturated rings. The topological polar surface area (TPSA) is 0 Å². The van der Waals surface area contributed by atoms with Crippen molar-refractivity contribution in [3.8, 4) is 0 Å². The van der Waals surface area contributed by atoms with Gasteiger partial charge in [-0.2, -0.15) is 0 Å². The molecule has 0 aliphatic rings. The molecule has 0 amide bonds. The summed E-state index contributed by atoms with van der Waals surface area (Å²) >= 11 is 0. The number of fused-ring (bicyclic) bond motifs is 6. The smallest absolute Gasteiger partial charge is 0.00245 e. The minimum atomic E-state index is 0. The largest absolute Gasteiger partial charge is 0.147 e. The Hall–Kier alpha value is -2.40. The molecule has 0 saturated carbocycles. The van der Waals surface area contributed by atoms with Crippen LogP contribution in [-0.2, 0) is 6.16 Å². The highest BCUT2D eigenvalue weighted by atomic mass is 35.5. The van der Waals surface area contributed by atoms with Crippen molar-refractivity contribution in [2.24, 2.45) is 0 Å². The van der Waals surface area contributed by atoms with E-state index in [0.717, 1.165) is 14.7 Å². The lowest BCUT2D eigenvalue weighted by Gasteiger charge is -2.14. The molecule has 5 rings (SSSR count). The molecule has 0 aromatic heterocycles. The van der Waals surface area contributed by atoms with Gasteiger partial charge in [-0.1, -0.05) is 106 Å². The van der Waals surface area contributed by atoms with Crippen LogP contribution >= 0.6 is 21.0 Å². The van der Waals surface area contributed by atoms with E-state index in [0.29, 0.717) is 0 Å². The van der Waals surface area contributed by atoms with Crippen molar-refractivity contribution in [2.45, 2.75) is 6.16 Å². The molecule has 0 aliphatic carbocycles. The molecule has 5 aromatic carbocycles. The van der Waals surface area contributed by atoms with Crippen molar-refractivity contribution >= 4 is 58.6 Å². The normalized spacial score (nSPS) is 11.4. The van der Waals surface area contributed by atoms with E-state index in [-0.39, 0.29) is 12.4 Å². The fourth-order valence-electron chi connectivity index (χ4n) is 3.90. The Kier molecular flexibility index (Phi) is 5.12. The Balaban J connectivity index is 0.00000180. The maximum absolute atomic E-state index is 2.31. The summed E-state index contributed by atoms with van der Waals surface area (Å²) in [6, 6.07) is 35.3. The second-order valence-electron chi connectivity index (χ2n) is 6.66. The third-order valence-corrected chi connectivity index (χ3v) is 6.48. The summed E-state index contributed by atoms with van der Waals surface area (Å²) in [6.07, 6.45) is 1.10. The van der Waals surface area contributed by atoms with Gasteiger partial charge in [-0.15, -0.1) is 12.4 Å². The summed E-state index contributed by atoms with van der Waals surface area (Å²) in [7, 11) is 0.770. The van der Waals surface area contributed by atoms with Crippen LogP contribution in [0.3, 0.4) is 0 Å². The van der Waals surface area contributed by atoms with Gasteiger partial charge in [0.15, 0.2) is 0 Å². The molecule has 0 aliphatic heterocycles. The highest BCUT2D eigenvalue weighted by Crippen LogP contribution is 2.36. The molecule has 0 spiro atoms. The van der Waals surface area contributed by atoms with E-state index in [1.54, 1.807) is 0 Å². The predicted octanol–water partition coefficient (Wildman–Crippen LogP) is 7.07. The first kappa shape index (κ1) is 18.0. The summed E-state index contributed by atoms with van der Waals surface area (Å²) in [5.41, 5.74) is 1.41. The van der Waals surface area contributed by atoms with Gasteiger partial charge in [0.25, 0.3) is 0 Å². The fraction of sp³-hybridized carbons (Fsp3) is 0.0400. The van der Waals surface area contributed by atoms with Crippen LogP contribution in [-0.4, -0.2) is 0 Å². The zero-order chi connectivity index (χ0) is 17.3. The quantitative estimate of drug-likeness (QED) is 0.230. The molecule has 2 heteroatoms. The average Bonchev–Trinajstić information content (AvgIpc) is 2.73. The Morgan fingerprint density at radius 1 is 0.481 bits per heavy atom. The maximum Gasteiger partial charge on any atom is -0.00245 e. The Morgan fingerprint density at radius 3 is 1.59 bits per heavy atom. The molecule has 0 radical (unpaired) electrons. The lowest BCUT2D eigenvalue weighted by Crippen LogP contribution is -1.99. The molecule has 0 N–H and O–H groups in total. The molecule has 5 aromatic rings. The van der Waals surface area contributed by atoms with E-state index in [9.17, 15) is 0 Å². The van der Waals surface area contributed by atoms with Gasteiger partial charge >= 0.3 is 0 Å². The number of hydrogen-bond donors (Lipinski definition) is 0. The first-order valence-electron chi connectivity index (χ1n) is 9.02. The van der Waals surface area contributed by atoms with Crippen LogP contribution in [0.4, 0.5) is 0 Å². The van der Waals surface area contributed by atoms with E-state index in [1.807, 2.05) is 0 Å². The van der Waals surface area contributed by atoms with Crippen molar-refractivity contribution in [2.75, 3.05) is 0 Å². The molecule has 0 nitrogen and oxygen atoms in total. The molecule has 1 unspecified atom stereocenters. The lowest BCUT2D eigenvalue weighted by atomic mass is 9.94. The van der Waals surface area contributed by atoms with Crippen molar-refractivity contribution in [1.29, 1.82) is 0 Å². The highest BCUT2D eigenvalue weighted by molar-refractivity contribution is 7.47. The summed E-state index contributed by atoms with van der Waals surface area (Å²) in [4.78, 5) is 0. The van der Waals surface area contributed by atoms with Crippen molar-refractivity contribution < 1.29 is 0 Å². The van der Waals surface area contributed by atoms with Crippen LogP contribution in [0.5, 0.6) is 0 Å². The minimum absolute atomic E-state index is 0. The molecule has 1 atom stereocenters. The second kappa shape index (κ2) is 7.69. The molecular weight excluding hydrogens is 367 g/mol. The summed E-state index contributed by atoms with van der Waals surface area (Å²) in [6.45, 7) is 0. The molecule has 0 bridgehead atoms. The molecule has 27 heavy (non-hydrogen) atoms. The van der Waals surface area contributed by atoms with Crippen molar-refractivity contribution in [3.63, 3.8) is 0 Å². The van der Waals surface area contributed by atoms with Gasteiger partial charge in [-0.05, 0) is 49.3 Å². The van der Waals surface area contributed by atoms with Crippen molar-refractivity contribution in [1.82, 2.24) is 0 Å². The Labute approximate surface area is 167 Å². The van der Waals surface area contributed by atoms with Gasteiger partial charge in [-0.25, -0.2) is 0 Å². The van der Waals surface area contributed by atoms with Crippen LogP contribution in [0.15, 0.2) is 97.1 Å². The molecule has 0 heterocycles. The van der Waals surface area contributed by atoms with Crippen LogP contribution in [0.1, 0.15) is 5.56 Å². The number of hydrogen-bond acceptors (Lipinski definition) is 0. The monoisotopic (exact) mass is 386 g/mol. The molecule has 0 saturated heterocycles. The molecule has 132 valence electrons. The van der Waals surface area contributed by atoms with E-state index in [4.69, 9.17) is 0 Å². The van der Waals surface area contributed by atoms with Gasteiger partial charge in [0.05, 0.1) is 0 Å². The van der Waals surface area contributed by atoms with Gasteiger partial charge < -0.3 is 0 Å². The summed E-state index contributed by atoms with van der Waals surface area (Å²) in [5, 5.41) is 9.69. The SMILES string of the molecule is Cl.c1ccc(CPc2cccc3c4ccccc4c4ccccc4c23)cc1. The zero-order valence-corrected chi connectivity index (χ0v) is 16.7. The number of benzene rings is 5. The lowest BCUT2D eigenvalue weighted by molar-refractivity contribution is 1.41. The Bertz CT molecular complexity index is 1180. The third-order valence-electron chi connectivity index (χ3n) is 5.09. The van der Waals surface area contributed by atoms with Crippen molar-refractivity contribution in [3.05, 3.63) is 103 Å². The van der Waals surface area contributed by atoms with Crippen LogP contribution in [0.2, 0.25) is 0 Å². The van der Waals surface area contributed by atoms with Gasteiger partial charge in [-0.3, -0.25) is 0 Å². The third kappa shape index (κ3) is 3.21. The first-order valence-corrected chi connectivity index (χ1v) is 10.2. The van der Waals surface area contributed by atoms with Gasteiger partial charge in [0, 0.05) is 0 Å². The second-order valence-corrected chi connectivity index (χ2v) is 7.90. The van der Waals surface area contributed by atoms with Crippen LogP contribution in [0.25, 0.3) is 32.3 Å². The maximum atomic E-state index is 2.31. The van der Waals surface area contributed by atoms with Crippen LogP contribution < -0.4 is 5.30 Å². The van der Waals surface area contributed by atoms with E-state index >= 15 is 0 Å². The highest BCUT2D eigenvalue weighted by Gasteiger charge is 2.11. The standard InChI is InChI=1S/C25H19P.ClH/c1-2-9-18(10-3-1)17-26-24-16-8-15-23-21-12-5-4-11-19(21)20-13-6-7-14-22(20)25(23)24;/h1-16,26H,17H2;1H. The number of halogens is 1. The minimum Gasteiger partial charge on any atom is -0.147 e. The predicted molar refractivity (Wildman–Crippen MR) is 124 cm³/mol. The fourth-order valence-corrected chi connectivity index (χ4v) is 5.19. The van der Waals surface area contributed by atoms with Gasteiger partial charge in [0.2, 0.25) is 0 Å². The van der Waals surface area contributed by atoms with Crippen LogP contribution in [0, 0.1) is 0 Å². The molecular formula is C25H20ClP. The first-order chi connectivity index (χ1) is 12.9. The Morgan fingerprint density at radius 2 is 0.963 bits per heavy atom.